The highest BCUT2D eigenvalue weighted by Crippen LogP contribution is 2.24. The van der Waals surface area contributed by atoms with Crippen molar-refractivity contribution in [2.75, 3.05) is 12.4 Å². The lowest BCUT2D eigenvalue weighted by molar-refractivity contribution is -0.142. The van der Waals surface area contributed by atoms with Crippen LogP contribution in [0.4, 0.5) is 5.69 Å². The van der Waals surface area contributed by atoms with Crippen LogP contribution >= 0.6 is 23.2 Å². The third kappa shape index (κ3) is 8.30. The Morgan fingerprint density at radius 3 is 2.20 bits per heavy atom. The third-order valence-electron chi connectivity index (χ3n) is 6.32. The standard InChI is InChI=1S/C31H29Cl2N5O3/c1-41-30(40)27(16-21-11-13-24(14-12-21)37-29(39)28-25(32)18-35-19-26(28)33)38-31(34)36-17-23-10-6-5-9-22(23)15-20-7-3-2-4-8-20/h2-14,18-19,27H,15-17H2,1H3,(H,37,39)(H3,34,36,38)/t27-/m0/s1. The van der Waals surface area contributed by atoms with E-state index >= 15 is 0 Å². The fourth-order valence-corrected chi connectivity index (χ4v) is 4.75. The molecule has 0 unspecified atom stereocenters. The number of nitrogens with two attached hydrogens (primary N) is 1. The predicted molar refractivity (Wildman–Crippen MR) is 162 cm³/mol. The number of anilines is 1. The van der Waals surface area contributed by atoms with Gasteiger partial charge in [-0.05, 0) is 40.8 Å². The van der Waals surface area contributed by atoms with Crippen molar-refractivity contribution in [3.8, 4) is 0 Å². The zero-order valence-corrected chi connectivity index (χ0v) is 23.8. The van der Waals surface area contributed by atoms with Crippen molar-refractivity contribution in [2.24, 2.45) is 10.7 Å². The fourth-order valence-electron chi connectivity index (χ4n) is 4.21. The topological polar surface area (TPSA) is 119 Å². The minimum atomic E-state index is -0.766. The summed E-state index contributed by atoms with van der Waals surface area (Å²) in [6, 6.07) is 24.5. The highest BCUT2D eigenvalue weighted by atomic mass is 35.5. The van der Waals surface area contributed by atoms with Crippen molar-refractivity contribution in [3.05, 3.63) is 129 Å². The van der Waals surface area contributed by atoms with Crippen LogP contribution in [0.25, 0.3) is 0 Å². The Morgan fingerprint density at radius 1 is 0.902 bits per heavy atom. The fraction of sp³-hybridized carbons (Fsp3) is 0.161. The molecule has 0 spiro atoms. The van der Waals surface area contributed by atoms with Crippen molar-refractivity contribution < 1.29 is 14.3 Å². The number of halogens is 2. The lowest BCUT2D eigenvalue weighted by atomic mass is 10.00. The first-order valence-electron chi connectivity index (χ1n) is 12.8. The monoisotopic (exact) mass is 589 g/mol. The molecule has 0 aliphatic rings. The SMILES string of the molecule is COC(=O)[C@H](Cc1ccc(NC(=O)c2c(Cl)cncc2Cl)cc1)NC(N)=NCc1ccccc1Cc1ccccc1. The number of hydrogen-bond donors (Lipinski definition) is 3. The average Bonchev–Trinajstić information content (AvgIpc) is 2.97. The quantitative estimate of drug-likeness (QED) is 0.129. The highest BCUT2D eigenvalue weighted by Gasteiger charge is 2.21. The van der Waals surface area contributed by atoms with E-state index in [4.69, 9.17) is 33.7 Å². The molecule has 8 nitrogen and oxygen atoms in total. The first kappa shape index (κ1) is 29.6. The molecule has 4 N–H and O–H groups in total. The number of carbonyl (C=O) groups is 2. The van der Waals surface area contributed by atoms with Gasteiger partial charge in [-0.1, -0.05) is 89.9 Å². The summed E-state index contributed by atoms with van der Waals surface area (Å²) >= 11 is 12.2. The number of esters is 1. The number of amides is 1. The number of nitrogens with zero attached hydrogens (tertiary/aromatic N) is 2. The van der Waals surface area contributed by atoms with Gasteiger partial charge < -0.3 is 21.1 Å². The van der Waals surface area contributed by atoms with E-state index in [2.05, 4.69) is 38.8 Å². The van der Waals surface area contributed by atoms with E-state index in [0.717, 1.165) is 23.1 Å². The van der Waals surface area contributed by atoms with Gasteiger partial charge in [-0.3, -0.25) is 9.78 Å². The molecule has 0 saturated heterocycles. The Balaban J connectivity index is 1.40. The van der Waals surface area contributed by atoms with Gasteiger partial charge in [0, 0.05) is 24.5 Å². The van der Waals surface area contributed by atoms with Gasteiger partial charge in [0.1, 0.15) is 6.04 Å². The average molecular weight is 591 g/mol. The third-order valence-corrected chi connectivity index (χ3v) is 6.89. The lowest BCUT2D eigenvalue weighted by Crippen LogP contribution is -2.46. The molecule has 0 bridgehead atoms. The van der Waals surface area contributed by atoms with Crippen LogP contribution in [0.2, 0.25) is 10.0 Å². The summed E-state index contributed by atoms with van der Waals surface area (Å²) in [5, 5.41) is 6.04. The van der Waals surface area contributed by atoms with Crippen LogP contribution in [0.1, 0.15) is 32.6 Å². The Morgan fingerprint density at radius 2 is 1.54 bits per heavy atom. The molecule has 1 aromatic heterocycles. The van der Waals surface area contributed by atoms with Gasteiger partial charge in [0.2, 0.25) is 0 Å². The molecule has 1 atom stereocenters. The zero-order chi connectivity index (χ0) is 29.2. The van der Waals surface area contributed by atoms with Crippen molar-refractivity contribution >= 4 is 46.7 Å². The van der Waals surface area contributed by atoms with E-state index in [1.807, 2.05) is 36.4 Å². The number of aliphatic imine (C=N–C) groups is 1. The summed E-state index contributed by atoms with van der Waals surface area (Å²) in [5.41, 5.74) is 11.1. The van der Waals surface area contributed by atoms with Gasteiger partial charge in [0.05, 0.1) is 29.3 Å². The summed E-state index contributed by atoms with van der Waals surface area (Å²) in [4.78, 5) is 33.5. The lowest BCUT2D eigenvalue weighted by Gasteiger charge is -2.18. The Bertz CT molecular complexity index is 1510. The molecule has 1 heterocycles. The smallest absolute Gasteiger partial charge is 0.328 e. The predicted octanol–water partition coefficient (Wildman–Crippen LogP) is 5.42. The van der Waals surface area contributed by atoms with Crippen LogP contribution in [0.3, 0.4) is 0 Å². The molecule has 210 valence electrons. The first-order chi connectivity index (χ1) is 19.8. The maximum atomic E-state index is 12.6. The molecule has 4 rings (SSSR count). The summed E-state index contributed by atoms with van der Waals surface area (Å²) in [6.45, 7) is 0.357. The van der Waals surface area contributed by atoms with E-state index < -0.39 is 17.9 Å². The molecule has 0 aliphatic heterocycles. The number of aromatic nitrogens is 1. The number of guanidine groups is 1. The number of rotatable bonds is 10. The van der Waals surface area contributed by atoms with Crippen LogP contribution < -0.4 is 16.4 Å². The molecular weight excluding hydrogens is 561 g/mol. The van der Waals surface area contributed by atoms with Gasteiger partial charge in [-0.25, -0.2) is 9.79 Å². The molecule has 41 heavy (non-hydrogen) atoms. The van der Waals surface area contributed by atoms with Crippen molar-refractivity contribution in [3.63, 3.8) is 0 Å². The Kier molecular flexibility index (Phi) is 10.3. The maximum Gasteiger partial charge on any atom is 0.328 e. The zero-order valence-electron chi connectivity index (χ0n) is 22.3. The first-order valence-corrected chi connectivity index (χ1v) is 13.5. The highest BCUT2D eigenvalue weighted by molar-refractivity contribution is 6.40. The minimum absolute atomic E-state index is 0.130. The van der Waals surface area contributed by atoms with Gasteiger partial charge in [-0.15, -0.1) is 0 Å². The van der Waals surface area contributed by atoms with Crippen molar-refractivity contribution in [1.82, 2.24) is 10.3 Å². The number of nitrogens with one attached hydrogen (secondary N) is 2. The number of hydrogen-bond acceptors (Lipinski definition) is 5. The van der Waals surface area contributed by atoms with E-state index in [9.17, 15) is 9.59 Å². The van der Waals surface area contributed by atoms with Gasteiger partial charge >= 0.3 is 5.97 Å². The van der Waals surface area contributed by atoms with Gasteiger partial charge in [-0.2, -0.15) is 0 Å². The van der Waals surface area contributed by atoms with Gasteiger partial charge in [0.25, 0.3) is 5.91 Å². The second-order valence-electron chi connectivity index (χ2n) is 9.19. The second-order valence-corrected chi connectivity index (χ2v) is 10.0. The molecule has 1 amide bonds. The molecule has 10 heteroatoms. The molecule has 0 radical (unpaired) electrons. The second kappa shape index (κ2) is 14.3. The number of benzene rings is 3. The Labute approximate surface area is 248 Å². The van der Waals surface area contributed by atoms with E-state index in [1.54, 1.807) is 24.3 Å². The summed E-state index contributed by atoms with van der Waals surface area (Å²) in [6.07, 6.45) is 3.77. The van der Waals surface area contributed by atoms with E-state index in [0.29, 0.717) is 12.2 Å². The van der Waals surface area contributed by atoms with Crippen molar-refractivity contribution in [1.29, 1.82) is 0 Å². The van der Waals surface area contributed by atoms with Crippen LogP contribution in [-0.2, 0) is 28.9 Å². The number of methoxy groups -OCH3 is 1. The summed E-state index contributed by atoms with van der Waals surface area (Å²) < 4.78 is 4.98. The number of pyridine rings is 1. The van der Waals surface area contributed by atoms with Crippen LogP contribution in [0, 0.1) is 0 Å². The normalized spacial score (nSPS) is 11.9. The summed E-state index contributed by atoms with van der Waals surface area (Å²) in [5.74, 6) is -0.810. The minimum Gasteiger partial charge on any atom is -0.467 e. The molecule has 0 fully saturated rings. The summed E-state index contributed by atoms with van der Waals surface area (Å²) in [7, 11) is 1.32. The maximum absolute atomic E-state index is 12.6. The Hall–Kier alpha value is -4.40. The molecule has 4 aromatic rings. The van der Waals surface area contributed by atoms with E-state index in [-0.39, 0.29) is 28.0 Å². The van der Waals surface area contributed by atoms with Crippen LogP contribution in [-0.4, -0.2) is 36.0 Å². The molecule has 3 aromatic carbocycles. The molecule has 0 saturated carbocycles. The van der Waals surface area contributed by atoms with Crippen LogP contribution in [0.5, 0.6) is 0 Å². The van der Waals surface area contributed by atoms with Crippen molar-refractivity contribution in [2.45, 2.75) is 25.4 Å². The van der Waals surface area contributed by atoms with Crippen LogP contribution in [0.15, 0.2) is 96.2 Å². The van der Waals surface area contributed by atoms with Gasteiger partial charge in [0.15, 0.2) is 5.96 Å². The number of carbonyl (C=O) groups excluding carboxylic acids is 2. The molecular formula is C31H29Cl2N5O3. The van der Waals surface area contributed by atoms with E-state index in [1.165, 1.54) is 25.1 Å². The molecule has 0 aliphatic carbocycles. The largest absolute Gasteiger partial charge is 0.467 e. The number of ether oxygens (including phenoxy) is 1.